The number of aldehydes is 1. The van der Waals surface area contributed by atoms with Gasteiger partial charge in [0.25, 0.3) is 0 Å². The van der Waals surface area contributed by atoms with E-state index in [1.807, 2.05) is 0 Å². The molecule has 6 heteroatoms. The molecule has 2 rings (SSSR count). The van der Waals surface area contributed by atoms with Crippen molar-refractivity contribution < 1.29 is 19.5 Å². The van der Waals surface area contributed by atoms with Crippen molar-refractivity contribution in [1.29, 1.82) is 0 Å². The predicted octanol–water partition coefficient (Wildman–Crippen LogP) is 1.71. The van der Waals surface area contributed by atoms with Crippen molar-refractivity contribution >= 4 is 18.2 Å². The fourth-order valence-corrected chi connectivity index (χ4v) is 2.01. The summed E-state index contributed by atoms with van der Waals surface area (Å²) in [6.45, 7) is 0.774. The van der Waals surface area contributed by atoms with E-state index >= 15 is 0 Å². The Kier molecular flexibility index (Phi) is 5.08. The van der Waals surface area contributed by atoms with Crippen LogP contribution in [0, 0.1) is 0 Å². The molecule has 0 spiro atoms. The van der Waals surface area contributed by atoms with E-state index in [4.69, 9.17) is 5.11 Å². The highest BCUT2D eigenvalue weighted by Gasteiger charge is 2.05. The highest BCUT2D eigenvalue weighted by molar-refractivity contribution is 5.87. The molecular weight excluding hydrogens is 284 g/mol. The molecule has 0 bridgehead atoms. The van der Waals surface area contributed by atoms with Crippen LogP contribution >= 0.6 is 0 Å². The minimum atomic E-state index is -0.978. The molecule has 2 aromatic rings. The van der Waals surface area contributed by atoms with Gasteiger partial charge in [-0.2, -0.15) is 0 Å². The van der Waals surface area contributed by atoms with Crippen LogP contribution in [0.5, 0.6) is 0 Å². The van der Waals surface area contributed by atoms with Crippen LogP contribution in [0.2, 0.25) is 0 Å². The zero-order valence-corrected chi connectivity index (χ0v) is 11.9. The molecule has 1 aromatic carbocycles. The Labute approximate surface area is 127 Å². The third kappa shape index (κ3) is 4.05. The van der Waals surface area contributed by atoms with Gasteiger partial charge in [-0.3, -0.25) is 9.59 Å². The van der Waals surface area contributed by atoms with Gasteiger partial charge in [0.15, 0.2) is 6.29 Å². The normalized spacial score (nSPS) is 10.2. The molecular formula is C16H16N2O4. The van der Waals surface area contributed by atoms with Gasteiger partial charge in [0, 0.05) is 25.7 Å². The summed E-state index contributed by atoms with van der Waals surface area (Å²) in [5.74, 6) is -1.11. The van der Waals surface area contributed by atoms with Crippen molar-refractivity contribution in [2.24, 2.45) is 0 Å². The van der Waals surface area contributed by atoms with Crippen LogP contribution in [0.3, 0.4) is 0 Å². The number of aromatic nitrogens is 1. The van der Waals surface area contributed by atoms with Crippen LogP contribution in [0.4, 0.5) is 0 Å². The third-order valence-corrected chi connectivity index (χ3v) is 3.26. The topological polar surface area (TPSA) is 88.4 Å². The lowest BCUT2D eigenvalue weighted by Gasteiger charge is -2.07. The number of amides is 1. The Balaban J connectivity index is 1.80. The number of hydrogen-bond acceptors (Lipinski definition) is 3. The first-order chi connectivity index (χ1) is 10.6. The number of aromatic carboxylic acids is 1. The SMILES string of the molecule is O=Cc1cccn1CCC(=O)NCc1ccc(C(=O)O)cc1. The molecule has 0 radical (unpaired) electrons. The summed E-state index contributed by atoms with van der Waals surface area (Å²) in [5, 5.41) is 11.6. The molecule has 0 aliphatic heterocycles. The predicted molar refractivity (Wildman–Crippen MR) is 79.7 cm³/mol. The lowest BCUT2D eigenvalue weighted by molar-refractivity contribution is -0.121. The zero-order chi connectivity index (χ0) is 15.9. The molecule has 0 saturated carbocycles. The summed E-state index contributed by atoms with van der Waals surface area (Å²) in [7, 11) is 0. The van der Waals surface area contributed by atoms with Crippen molar-refractivity contribution in [3.63, 3.8) is 0 Å². The summed E-state index contributed by atoms with van der Waals surface area (Å²) in [4.78, 5) is 33.3. The zero-order valence-electron chi connectivity index (χ0n) is 11.9. The van der Waals surface area contributed by atoms with Gasteiger partial charge in [-0.1, -0.05) is 12.1 Å². The van der Waals surface area contributed by atoms with Gasteiger partial charge in [-0.15, -0.1) is 0 Å². The second kappa shape index (κ2) is 7.21. The van der Waals surface area contributed by atoms with Gasteiger partial charge in [-0.05, 0) is 29.8 Å². The van der Waals surface area contributed by atoms with Gasteiger partial charge in [0.05, 0.1) is 11.3 Å². The van der Waals surface area contributed by atoms with Gasteiger partial charge < -0.3 is 15.0 Å². The van der Waals surface area contributed by atoms with Crippen molar-refractivity contribution in [1.82, 2.24) is 9.88 Å². The van der Waals surface area contributed by atoms with E-state index in [9.17, 15) is 14.4 Å². The lowest BCUT2D eigenvalue weighted by Crippen LogP contribution is -2.24. The Hall–Kier alpha value is -2.89. The molecule has 1 heterocycles. The summed E-state index contributed by atoms with van der Waals surface area (Å²) in [6.07, 6.45) is 2.77. The summed E-state index contributed by atoms with van der Waals surface area (Å²) < 4.78 is 1.72. The molecule has 2 N–H and O–H groups in total. The number of carbonyl (C=O) groups excluding carboxylic acids is 2. The van der Waals surface area contributed by atoms with E-state index in [1.54, 1.807) is 35.0 Å². The number of hydrogen-bond donors (Lipinski definition) is 2. The Morgan fingerprint density at radius 1 is 1.18 bits per heavy atom. The summed E-state index contributed by atoms with van der Waals surface area (Å²) >= 11 is 0. The second-order valence-electron chi connectivity index (χ2n) is 4.77. The lowest BCUT2D eigenvalue weighted by atomic mass is 10.1. The van der Waals surface area contributed by atoms with Crippen LogP contribution < -0.4 is 5.32 Å². The van der Waals surface area contributed by atoms with Crippen LogP contribution in [0.1, 0.15) is 32.8 Å². The van der Waals surface area contributed by atoms with Crippen molar-refractivity contribution in [2.45, 2.75) is 19.5 Å². The quantitative estimate of drug-likeness (QED) is 0.762. The minimum absolute atomic E-state index is 0.132. The van der Waals surface area contributed by atoms with Crippen LogP contribution in [-0.4, -0.2) is 27.8 Å². The molecule has 0 unspecified atom stereocenters. The van der Waals surface area contributed by atoms with E-state index < -0.39 is 5.97 Å². The first kappa shape index (κ1) is 15.5. The number of carboxylic acid groups (broad SMARTS) is 1. The van der Waals surface area contributed by atoms with E-state index in [0.29, 0.717) is 18.8 Å². The van der Waals surface area contributed by atoms with Gasteiger partial charge in [-0.25, -0.2) is 4.79 Å². The fourth-order valence-electron chi connectivity index (χ4n) is 2.01. The monoisotopic (exact) mass is 300 g/mol. The number of benzene rings is 1. The van der Waals surface area contributed by atoms with E-state index in [2.05, 4.69) is 5.32 Å². The highest BCUT2D eigenvalue weighted by atomic mass is 16.4. The smallest absolute Gasteiger partial charge is 0.335 e. The molecule has 1 aromatic heterocycles. The molecule has 22 heavy (non-hydrogen) atoms. The van der Waals surface area contributed by atoms with Gasteiger partial charge in [0.1, 0.15) is 0 Å². The van der Waals surface area contributed by atoms with E-state index in [-0.39, 0.29) is 17.9 Å². The molecule has 0 saturated heterocycles. The molecule has 0 aliphatic carbocycles. The van der Waals surface area contributed by atoms with E-state index in [0.717, 1.165) is 11.8 Å². The Bertz CT molecular complexity index is 674. The minimum Gasteiger partial charge on any atom is -0.478 e. The summed E-state index contributed by atoms with van der Waals surface area (Å²) in [6, 6.07) is 9.78. The number of carboxylic acids is 1. The van der Waals surface area contributed by atoms with Crippen molar-refractivity contribution in [3.05, 3.63) is 59.4 Å². The number of nitrogens with one attached hydrogen (secondary N) is 1. The molecule has 114 valence electrons. The molecule has 0 aliphatic rings. The third-order valence-electron chi connectivity index (χ3n) is 3.26. The van der Waals surface area contributed by atoms with Gasteiger partial charge >= 0.3 is 5.97 Å². The van der Waals surface area contributed by atoms with Crippen LogP contribution in [0.25, 0.3) is 0 Å². The first-order valence-electron chi connectivity index (χ1n) is 6.79. The summed E-state index contributed by atoms with van der Waals surface area (Å²) in [5.41, 5.74) is 1.58. The first-order valence-corrected chi connectivity index (χ1v) is 6.79. The van der Waals surface area contributed by atoms with Gasteiger partial charge in [0.2, 0.25) is 5.91 Å². The maximum Gasteiger partial charge on any atom is 0.335 e. The van der Waals surface area contributed by atoms with Crippen molar-refractivity contribution in [2.75, 3.05) is 0 Å². The average molecular weight is 300 g/mol. The maximum absolute atomic E-state index is 11.8. The van der Waals surface area contributed by atoms with Crippen LogP contribution in [0.15, 0.2) is 42.6 Å². The molecule has 6 nitrogen and oxygen atoms in total. The fraction of sp³-hybridized carbons (Fsp3) is 0.188. The molecule has 0 fully saturated rings. The van der Waals surface area contributed by atoms with Crippen LogP contribution in [-0.2, 0) is 17.9 Å². The molecule has 0 atom stereocenters. The second-order valence-corrected chi connectivity index (χ2v) is 4.77. The Morgan fingerprint density at radius 2 is 1.91 bits per heavy atom. The number of rotatable bonds is 7. The molecule has 1 amide bonds. The van der Waals surface area contributed by atoms with Crippen molar-refractivity contribution in [3.8, 4) is 0 Å². The number of nitrogens with zero attached hydrogens (tertiary/aromatic N) is 1. The highest BCUT2D eigenvalue weighted by Crippen LogP contribution is 2.05. The average Bonchev–Trinajstić information content (AvgIpc) is 2.98. The Morgan fingerprint density at radius 3 is 2.55 bits per heavy atom. The largest absolute Gasteiger partial charge is 0.478 e. The van der Waals surface area contributed by atoms with E-state index in [1.165, 1.54) is 12.1 Å². The number of carbonyl (C=O) groups is 3. The standard InChI is InChI=1S/C16H16N2O4/c19-11-14-2-1-8-18(14)9-7-15(20)17-10-12-3-5-13(6-4-12)16(21)22/h1-6,8,11H,7,9-10H2,(H,17,20)(H,21,22). The number of aryl methyl sites for hydroxylation is 1. The maximum atomic E-state index is 11.8.